The van der Waals surface area contributed by atoms with Crippen LogP contribution >= 0.6 is 0 Å². The predicted molar refractivity (Wildman–Crippen MR) is 55.3 cm³/mol. The molecule has 2 bridgehead atoms. The highest BCUT2D eigenvalue weighted by atomic mass is 16.5. The second-order valence-corrected chi connectivity index (χ2v) is 4.58. The van der Waals surface area contributed by atoms with Crippen molar-refractivity contribution in [3.05, 3.63) is 0 Å². The van der Waals surface area contributed by atoms with Gasteiger partial charge in [0.2, 0.25) is 5.91 Å². The first-order chi connectivity index (χ1) is 7.22. The van der Waals surface area contributed by atoms with E-state index in [0.717, 1.165) is 25.8 Å². The summed E-state index contributed by atoms with van der Waals surface area (Å²) in [7, 11) is 1.61. The molecule has 4 heteroatoms. The maximum absolute atomic E-state index is 11.8. The first kappa shape index (κ1) is 10.9. The summed E-state index contributed by atoms with van der Waals surface area (Å²) in [6.07, 6.45) is 3.07. The lowest BCUT2D eigenvalue weighted by Crippen LogP contribution is -2.35. The zero-order valence-corrected chi connectivity index (χ0v) is 9.19. The molecule has 1 heterocycles. The van der Waals surface area contributed by atoms with Gasteiger partial charge in [-0.05, 0) is 19.3 Å². The number of methoxy groups -OCH3 is 1. The summed E-state index contributed by atoms with van der Waals surface area (Å²) < 4.78 is 4.91. The first-order valence-electron chi connectivity index (χ1n) is 5.69. The van der Waals surface area contributed by atoms with Gasteiger partial charge in [0.25, 0.3) is 0 Å². The first-order valence-corrected chi connectivity index (χ1v) is 5.69. The van der Waals surface area contributed by atoms with Gasteiger partial charge in [0.15, 0.2) is 0 Å². The summed E-state index contributed by atoms with van der Waals surface area (Å²) in [5.41, 5.74) is 0. The van der Waals surface area contributed by atoms with Gasteiger partial charge in [0, 0.05) is 25.6 Å². The van der Waals surface area contributed by atoms with Gasteiger partial charge in [-0.25, -0.2) is 0 Å². The SMILES string of the molecule is COCCC(=O)N1CC2CC1CCC2O. The molecule has 3 unspecified atom stereocenters. The molecule has 1 N–H and O–H groups in total. The molecule has 2 fully saturated rings. The predicted octanol–water partition coefficient (Wildman–Crippen LogP) is 0.395. The Hall–Kier alpha value is -0.610. The van der Waals surface area contributed by atoms with E-state index < -0.39 is 0 Å². The van der Waals surface area contributed by atoms with Gasteiger partial charge < -0.3 is 14.7 Å². The van der Waals surface area contributed by atoms with Gasteiger partial charge in [0.1, 0.15) is 0 Å². The molecule has 2 rings (SSSR count). The second kappa shape index (κ2) is 4.49. The van der Waals surface area contributed by atoms with E-state index in [4.69, 9.17) is 4.74 Å². The van der Waals surface area contributed by atoms with E-state index in [1.54, 1.807) is 7.11 Å². The van der Waals surface area contributed by atoms with Crippen LogP contribution in [-0.2, 0) is 9.53 Å². The van der Waals surface area contributed by atoms with Crippen LogP contribution in [0.25, 0.3) is 0 Å². The maximum atomic E-state index is 11.8. The average molecular weight is 213 g/mol. The van der Waals surface area contributed by atoms with Gasteiger partial charge in [0.05, 0.1) is 19.1 Å². The molecule has 0 aromatic heterocycles. The molecule has 86 valence electrons. The lowest BCUT2D eigenvalue weighted by atomic mass is 9.88. The van der Waals surface area contributed by atoms with Crippen LogP contribution in [0.2, 0.25) is 0 Å². The number of carbonyl (C=O) groups excluding carboxylic acids is 1. The Morgan fingerprint density at radius 1 is 1.53 bits per heavy atom. The third-order valence-corrected chi connectivity index (χ3v) is 3.63. The number of nitrogens with zero attached hydrogens (tertiary/aromatic N) is 1. The topological polar surface area (TPSA) is 49.8 Å². The van der Waals surface area contributed by atoms with Crippen molar-refractivity contribution < 1.29 is 14.6 Å². The minimum Gasteiger partial charge on any atom is -0.393 e. The van der Waals surface area contributed by atoms with Gasteiger partial charge in [-0.15, -0.1) is 0 Å². The number of ether oxygens (including phenoxy) is 1. The molecule has 0 aromatic rings. The molecule has 1 aliphatic carbocycles. The lowest BCUT2D eigenvalue weighted by Gasteiger charge is -2.25. The standard InChI is InChI=1S/C11H19NO3/c1-15-5-4-11(14)12-7-8-6-9(12)2-3-10(8)13/h8-10,13H,2-7H2,1H3. The Kier molecular flexibility index (Phi) is 3.26. The van der Waals surface area contributed by atoms with E-state index in [0.29, 0.717) is 25.0 Å². The Morgan fingerprint density at radius 3 is 3.00 bits per heavy atom. The molecule has 1 saturated heterocycles. The van der Waals surface area contributed by atoms with Crippen molar-refractivity contribution in [1.82, 2.24) is 4.90 Å². The number of aliphatic hydroxyl groups excluding tert-OH is 1. The fourth-order valence-electron chi connectivity index (χ4n) is 2.74. The molecular weight excluding hydrogens is 194 g/mol. The van der Waals surface area contributed by atoms with E-state index in [9.17, 15) is 9.90 Å². The van der Waals surface area contributed by atoms with Crippen LogP contribution in [0, 0.1) is 5.92 Å². The molecule has 1 saturated carbocycles. The minimum absolute atomic E-state index is 0.179. The van der Waals surface area contributed by atoms with Gasteiger partial charge in [-0.3, -0.25) is 4.79 Å². The Bertz CT molecular complexity index is 244. The number of fused-ring (bicyclic) bond motifs is 2. The smallest absolute Gasteiger partial charge is 0.225 e. The molecule has 1 aliphatic heterocycles. The number of carbonyl (C=O) groups is 1. The van der Waals surface area contributed by atoms with E-state index in [-0.39, 0.29) is 12.0 Å². The Labute approximate surface area is 90.2 Å². The molecule has 0 spiro atoms. The van der Waals surface area contributed by atoms with Gasteiger partial charge in [-0.2, -0.15) is 0 Å². The van der Waals surface area contributed by atoms with Crippen molar-refractivity contribution in [3.8, 4) is 0 Å². The summed E-state index contributed by atoms with van der Waals surface area (Å²) in [6.45, 7) is 1.24. The second-order valence-electron chi connectivity index (χ2n) is 4.58. The van der Waals surface area contributed by atoms with Crippen LogP contribution in [-0.4, -0.2) is 48.3 Å². The van der Waals surface area contributed by atoms with Crippen LogP contribution in [0.3, 0.4) is 0 Å². The van der Waals surface area contributed by atoms with Crippen LogP contribution < -0.4 is 0 Å². The highest BCUT2D eigenvalue weighted by Crippen LogP contribution is 2.35. The Balaban J connectivity index is 1.91. The van der Waals surface area contributed by atoms with Crippen molar-refractivity contribution in [3.63, 3.8) is 0 Å². The highest BCUT2D eigenvalue weighted by Gasteiger charge is 2.41. The van der Waals surface area contributed by atoms with Crippen molar-refractivity contribution in [1.29, 1.82) is 0 Å². The fourth-order valence-corrected chi connectivity index (χ4v) is 2.74. The van der Waals surface area contributed by atoms with Crippen molar-refractivity contribution in [2.75, 3.05) is 20.3 Å². The molecular formula is C11H19NO3. The summed E-state index contributed by atoms with van der Waals surface area (Å²) in [5, 5.41) is 9.71. The van der Waals surface area contributed by atoms with E-state index in [1.807, 2.05) is 4.90 Å². The van der Waals surface area contributed by atoms with Crippen LogP contribution in [0.1, 0.15) is 25.7 Å². The summed E-state index contributed by atoms with van der Waals surface area (Å²) in [6, 6.07) is 0.378. The molecule has 4 nitrogen and oxygen atoms in total. The summed E-state index contributed by atoms with van der Waals surface area (Å²) in [5.74, 6) is 0.494. The lowest BCUT2D eigenvalue weighted by molar-refractivity contribution is -0.133. The van der Waals surface area contributed by atoms with Crippen LogP contribution in [0.4, 0.5) is 0 Å². The third-order valence-electron chi connectivity index (χ3n) is 3.63. The molecule has 2 aliphatic rings. The fraction of sp³-hybridized carbons (Fsp3) is 0.909. The average Bonchev–Trinajstić information content (AvgIpc) is 2.60. The van der Waals surface area contributed by atoms with Crippen LogP contribution in [0.5, 0.6) is 0 Å². The van der Waals surface area contributed by atoms with Gasteiger partial charge in [-0.1, -0.05) is 0 Å². The number of hydrogen-bond donors (Lipinski definition) is 1. The zero-order valence-electron chi connectivity index (χ0n) is 9.19. The number of likely N-dealkylation sites (tertiary alicyclic amines) is 1. The van der Waals surface area contributed by atoms with E-state index >= 15 is 0 Å². The molecule has 1 amide bonds. The van der Waals surface area contributed by atoms with E-state index in [2.05, 4.69) is 0 Å². The molecule has 0 aromatic carbocycles. The van der Waals surface area contributed by atoms with E-state index in [1.165, 1.54) is 0 Å². The monoisotopic (exact) mass is 213 g/mol. The highest BCUT2D eigenvalue weighted by molar-refractivity contribution is 5.77. The molecule has 0 radical (unpaired) electrons. The van der Waals surface area contributed by atoms with Crippen molar-refractivity contribution >= 4 is 5.91 Å². The van der Waals surface area contributed by atoms with Crippen LogP contribution in [0.15, 0.2) is 0 Å². The number of amides is 1. The molecule has 15 heavy (non-hydrogen) atoms. The number of aliphatic hydroxyl groups is 1. The quantitative estimate of drug-likeness (QED) is 0.738. The maximum Gasteiger partial charge on any atom is 0.225 e. The van der Waals surface area contributed by atoms with Crippen molar-refractivity contribution in [2.24, 2.45) is 5.92 Å². The largest absolute Gasteiger partial charge is 0.393 e. The minimum atomic E-state index is -0.193. The molecule has 3 atom stereocenters. The third kappa shape index (κ3) is 2.16. The zero-order chi connectivity index (χ0) is 10.8. The van der Waals surface area contributed by atoms with Crippen molar-refractivity contribution in [2.45, 2.75) is 37.8 Å². The summed E-state index contributed by atoms with van der Waals surface area (Å²) in [4.78, 5) is 13.8. The normalized spacial score (nSPS) is 34.5. The summed E-state index contributed by atoms with van der Waals surface area (Å²) >= 11 is 0. The van der Waals surface area contributed by atoms with Gasteiger partial charge >= 0.3 is 0 Å². The Morgan fingerprint density at radius 2 is 2.33 bits per heavy atom. The number of rotatable bonds is 3. The number of hydrogen-bond acceptors (Lipinski definition) is 3.